The van der Waals surface area contributed by atoms with E-state index in [9.17, 15) is 18.5 Å². The van der Waals surface area contributed by atoms with Gasteiger partial charge in [0.2, 0.25) is 10.0 Å². The summed E-state index contributed by atoms with van der Waals surface area (Å²) in [5.41, 5.74) is 5.30. The predicted octanol–water partition coefficient (Wildman–Crippen LogP) is 2.21. The zero-order valence-corrected chi connectivity index (χ0v) is 14.8. The number of nitrogens with zero attached hydrogens (tertiary/aromatic N) is 1. The van der Waals surface area contributed by atoms with Gasteiger partial charge in [0, 0.05) is 16.8 Å². The van der Waals surface area contributed by atoms with E-state index in [1.165, 1.54) is 6.07 Å². The normalized spacial score (nSPS) is 10.8. The highest BCUT2D eigenvalue weighted by molar-refractivity contribution is 7.89. The minimum atomic E-state index is -4.05. The molecule has 2 aromatic rings. The molecular weight excluding hydrogens is 390 g/mol. The number of benzene rings is 2. The van der Waals surface area contributed by atoms with Crippen molar-refractivity contribution in [2.45, 2.75) is 4.90 Å². The van der Waals surface area contributed by atoms with E-state index >= 15 is 0 Å². The van der Waals surface area contributed by atoms with E-state index in [2.05, 4.69) is 16.2 Å². The van der Waals surface area contributed by atoms with Crippen LogP contribution in [0.25, 0.3) is 0 Å². The van der Waals surface area contributed by atoms with Crippen LogP contribution >= 0.6 is 23.8 Å². The molecule has 0 aliphatic carbocycles. The number of hydrazine groups is 1. The summed E-state index contributed by atoms with van der Waals surface area (Å²) in [4.78, 5) is 10.00. The van der Waals surface area contributed by atoms with E-state index in [-0.39, 0.29) is 15.7 Å². The maximum Gasteiger partial charge on any atom is 0.295 e. The molecule has 0 heterocycles. The van der Waals surface area contributed by atoms with Crippen LogP contribution in [0.4, 0.5) is 17.1 Å². The second kappa shape index (κ2) is 7.61. The molecule has 2 rings (SSSR count). The smallest absolute Gasteiger partial charge is 0.295 e. The Hall–Kier alpha value is -2.47. The molecule has 0 saturated carbocycles. The molecule has 25 heavy (non-hydrogen) atoms. The summed E-state index contributed by atoms with van der Waals surface area (Å²) < 4.78 is 22.6. The SMILES string of the molecule is NS(=O)(=O)c1ccc(NNC(=S)Nc2ccc(Cl)cc2)c([N+](=O)[O-])c1. The molecule has 2 aromatic carbocycles. The molecule has 0 atom stereocenters. The van der Waals surface area contributed by atoms with Crippen LogP contribution in [-0.2, 0) is 10.0 Å². The summed E-state index contributed by atoms with van der Waals surface area (Å²) in [6, 6.07) is 9.92. The largest absolute Gasteiger partial charge is 0.331 e. The second-order valence-electron chi connectivity index (χ2n) is 4.69. The highest BCUT2D eigenvalue weighted by Gasteiger charge is 2.19. The lowest BCUT2D eigenvalue weighted by Gasteiger charge is -2.13. The minimum absolute atomic E-state index is 0.0117. The second-order valence-corrected chi connectivity index (χ2v) is 7.10. The van der Waals surface area contributed by atoms with Gasteiger partial charge in [0.05, 0.1) is 9.82 Å². The fraction of sp³-hybridized carbons (Fsp3) is 0. The predicted molar refractivity (Wildman–Crippen MR) is 98.9 cm³/mol. The van der Waals surface area contributed by atoms with E-state index in [4.69, 9.17) is 29.0 Å². The minimum Gasteiger partial charge on any atom is -0.331 e. The highest BCUT2D eigenvalue weighted by atomic mass is 35.5. The summed E-state index contributed by atoms with van der Waals surface area (Å²) in [6.07, 6.45) is 0. The van der Waals surface area contributed by atoms with Gasteiger partial charge in [-0.2, -0.15) is 0 Å². The third-order valence-corrected chi connectivity index (χ3v) is 4.27. The third kappa shape index (κ3) is 5.26. The molecule has 0 fully saturated rings. The van der Waals surface area contributed by atoms with Gasteiger partial charge >= 0.3 is 0 Å². The van der Waals surface area contributed by atoms with Crippen LogP contribution in [0.1, 0.15) is 0 Å². The van der Waals surface area contributed by atoms with Gasteiger partial charge in [-0.25, -0.2) is 13.6 Å². The molecule has 0 saturated heterocycles. The van der Waals surface area contributed by atoms with Crippen molar-refractivity contribution >= 4 is 56.0 Å². The van der Waals surface area contributed by atoms with E-state index in [0.29, 0.717) is 10.7 Å². The Bertz CT molecular complexity index is 919. The van der Waals surface area contributed by atoms with Crippen molar-refractivity contribution in [3.8, 4) is 0 Å². The lowest BCUT2D eigenvalue weighted by Crippen LogP contribution is -2.33. The van der Waals surface area contributed by atoms with E-state index in [0.717, 1.165) is 12.1 Å². The lowest BCUT2D eigenvalue weighted by molar-refractivity contribution is -0.384. The Balaban J connectivity index is 2.10. The summed E-state index contributed by atoms with van der Waals surface area (Å²) in [7, 11) is -4.05. The van der Waals surface area contributed by atoms with Crippen LogP contribution in [0.15, 0.2) is 47.4 Å². The number of halogens is 1. The van der Waals surface area contributed by atoms with Crippen LogP contribution in [0.3, 0.4) is 0 Å². The maximum atomic E-state index is 11.3. The van der Waals surface area contributed by atoms with Gasteiger partial charge in [0.25, 0.3) is 5.69 Å². The van der Waals surface area contributed by atoms with Crippen LogP contribution in [0.2, 0.25) is 5.02 Å². The molecule has 0 aliphatic rings. The topological polar surface area (TPSA) is 139 Å². The molecule has 0 bridgehead atoms. The van der Waals surface area contributed by atoms with Gasteiger partial charge in [-0.1, -0.05) is 11.6 Å². The van der Waals surface area contributed by atoms with Gasteiger partial charge in [-0.3, -0.25) is 21.0 Å². The number of sulfonamides is 1. The van der Waals surface area contributed by atoms with Crippen molar-refractivity contribution in [1.29, 1.82) is 0 Å². The molecule has 0 aliphatic heterocycles. The molecule has 12 heteroatoms. The van der Waals surface area contributed by atoms with Gasteiger partial charge in [0.1, 0.15) is 5.69 Å². The molecular formula is C13H12ClN5O4S2. The Kier molecular flexibility index (Phi) is 5.74. The van der Waals surface area contributed by atoms with Crippen molar-refractivity contribution in [3.05, 3.63) is 57.6 Å². The first-order valence-corrected chi connectivity index (χ1v) is 8.90. The number of nitro benzene ring substituents is 1. The fourth-order valence-corrected chi connectivity index (χ4v) is 2.59. The van der Waals surface area contributed by atoms with E-state index < -0.39 is 20.6 Å². The number of rotatable bonds is 5. The summed E-state index contributed by atoms with van der Waals surface area (Å²) >= 11 is 10.8. The Labute approximate surface area is 153 Å². The third-order valence-electron chi connectivity index (χ3n) is 2.91. The van der Waals surface area contributed by atoms with Gasteiger partial charge < -0.3 is 5.32 Å². The Morgan fingerprint density at radius 1 is 1.20 bits per heavy atom. The molecule has 5 N–H and O–H groups in total. The standard InChI is InChI=1S/C13H12ClN5O4S2/c14-8-1-3-9(4-2-8)16-13(24)18-17-11-6-5-10(25(15,22)23)7-12(11)19(20)21/h1-7,17H,(H2,15,22,23)(H2,16,18,24). The van der Waals surface area contributed by atoms with E-state index in [1.54, 1.807) is 24.3 Å². The number of primary sulfonamides is 1. The van der Waals surface area contributed by atoms with Gasteiger partial charge in [-0.05, 0) is 48.6 Å². The molecule has 0 unspecified atom stereocenters. The Morgan fingerprint density at radius 3 is 2.40 bits per heavy atom. The number of hydrogen-bond donors (Lipinski definition) is 4. The van der Waals surface area contributed by atoms with E-state index in [1.807, 2.05) is 0 Å². The average Bonchev–Trinajstić information content (AvgIpc) is 2.54. The molecule has 132 valence electrons. The van der Waals surface area contributed by atoms with Gasteiger partial charge in [-0.15, -0.1) is 0 Å². The molecule has 0 spiro atoms. The molecule has 0 radical (unpaired) electrons. The number of nitro groups is 1. The van der Waals surface area contributed by atoms with Crippen molar-refractivity contribution < 1.29 is 13.3 Å². The quantitative estimate of drug-likeness (QED) is 0.339. The van der Waals surface area contributed by atoms with Crippen LogP contribution in [0.5, 0.6) is 0 Å². The first-order valence-electron chi connectivity index (χ1n) is 6.56. The zero-order valence-electron chi connectivity index (χ0n) is 12.4. The lowest BCUT2D eigenvalue weighted by atomic mass is 10.3. The van der Waals surface area contributed by atoms with Crippen molar-refractivity contribution in [1.82, 2.24) is 5.43 Å². The Morgan fingerprint density at radius 2 is 1.84 bits per heavy atom. The molecule has 9 nitrogen and oxygen atoms in total. The van der Waals surface area contributed by atoms with Crippen molar-refractivity contribution in [3.63, 3.8) is 0 Å². The molecule has 0 amide bonds. The number of nitrogens with one attached hydrogen (secondary N) is 3. The van der Waals surface area contributed by atoms with Crippen LogP contribution in [-0.4, -0.2) is 18.5 Å². The number of nitrogens with two attached hydrogens (primary N) is 1. The maximum absolute atomic E-state index is 11.3. The summed E-state index contributed by atoms with van der Waals surface area (Å²) in [5, 5.41) is 19.6. The first-order chi connectivity index (χ1) is 11.7. The number of thiocarbonyl (C=S) groups is 1. The van der Waals surface area contributed by atoms with Crippen LogP contribution in [0, 0.1) is 10.1 Å². The summed E-state index contributed by atoms with van der Waals surface area (Å²) in [6.45, 7) is 0. The number of hydrogen-bond acceptors (Lipinski definition) is 6. The van der Waals surface area contributed by atoms with Gasteiger partial charge in [0.15, 0.2) is 5.11 Å². The summed E-state index contributed by atoms with van der Waals surface area (Å²) in [5.74, 6) is 0. The first kappa shape index (κ1) is 18.9. The number of anilines is 2. The zero-order chi connectivity index (χ0) is 18.6. The monoisotopic (exact) mass is 401 g/mol. The van der Waals surface area contributed by atoms with Crippen molar-refractivity contribution in [2.24, 2.45) is 5.14 Å². The van der Waals surface area contributed by atoms with Crippen LogP contribution < -0.4 is 21.3 Å². The average molecular weight is 402 g/mol. The molecule has 0 aromatic heterocycles. The fourth-order valence-electron chi connectivity index (χ4n) is 1.76. The highest BCUT2D eigenvalue weighted by Crippen LogP contribution is 2.26. The van der Waals surface area contributed by atoms with Crippen molar-refractivity contribution in [2.75, 3.05) is 10.7 Å².